The molecule has 1 heterocycles. The Morgan fingerprint density at radius 2 is 1.36 bits per heavy atom. The Morgan fingerprint density at radius 1 is 0.679 bits per heavy atom. The Labute approximate surface area is 165 Å². The number of fused-ring (bicyclic) bond motifs is 7. The monoisotopic (exact) mass is 387 g/mol. The number of hydrogen-bond acceptors (Lipinski definition) is 3. The zero-order chi connectivity index (χ0) is 19.1. The van der Waals surface area contributed by atoms with Crippen LogP contribution in [0.3, 0.4) is 0 Å². The van der Waals surface area contributed by atoms with Crippen LogP contribution in [-0.2, 0) is 0 Å². The minimum atomic E-state index is -0.0467. The highest BCUT2D eigenvalue weighted by Crippen LogP contribution is 2.39. The third-order valence-electron chi connectivity index (χ3n) is 5.55. The number of nitrogens with zero attached hydrogens (tertiary/aromatic N) is 1. The lowest BCUT2D eigenvalue weighted by Gasteiger charge is -2.23. The molecule has 0 saturated heterocycles. The molecule has 1 unspecified atom stereocenters. The molecule has 3 nitrogen and oxygen atoms in total. The Balaban J connectivity index is 2.06. The predicted molar refractivity (Wildman–Crippen MR) is 122 cm³/mol. The Kier molecular flexibility index (Phi) is 4.26. The summed E-state index contributed by atoms with van der Waals surface area (Å²) in [6, 6.07) is 23.5. The number of hydrogen-bond donors (Lipinski definition) is 0. The van der Waals surface area contributed by atoms with Gasteiger partial charge in [-0.05, 0) is 54.3 Å². The summed E-state index contributed by atoms with van der Waals surface area (Å²) < 4.78 is 12.0. The lowest BCUT2D eigenvalue weighted by atomic mass is 9.98. The van der Waals surface area contributed by atoms with Gasteiger partial charge < -0.3 is 13.3 Å². The summed E-state index contributed by atoms with van der Waals surface area (Å²) in [6.45, 7) is 6.36. The average molecular weight is 387 g/mol. The van der Waals surface area contributed by atoms with E-state index in [1.165, 1.54) is 27.2 Å². The predicted octanol–water partition coefficient (Wildman–Crippen LogP) is 7.49. The van der Waals surface area contributed by atoms with Crippen molar-refractivity contribution in [2.75, 3.05) is 18.0 Å². The van der Waals surface area contributed by atoms with Crippen LogP contribution >= 0.6 is 8.67 Å². The van der Waals surface area contributed by atoms with E-state index in [-0.39, 0.29) is 8.67 Å². The van der Waals surface area contributed by atoms with Gasteiger partial charge >= 0.3 is 0 Å². The van der Waals surface area contributed by atoms with Crippen molar-refractivity contribution < 1.29 is 8.39 Å². The molecule has 0 aliphatic rings. The topological polar surface area (TPSA) is 29.5 Å². The number of rotatable bonds is 3. The molecule has 4 heteroatoms. The Morgan fingerprint density at radius 3 is 2.14 bits per heavy atom. The summed E-state index contributed by atoms with van der Waals surface area (Å²) >= 11 is 0. The van der Waals surface area contributed by atoms with Crippen LogP contribution in [0.5, 0.6) is 0 Å². The minimum Gasteiger partial charge on any atom is -0.421 e. The molecule has 1 aromatic heterocycles. The molecule has 28 heavy (non-hydrogen) atoms. The minimum absolute atomic E-state index is 0.0467. The number of benzene rings is 4. The smallest absolute Gasteiger partial charge is 0.201 e. The maximum Gasteiger partial charge on any atom is 0.201 e. The van der Waals surface area contributed by atoms with Crippen LogP contribution in [0, 0.1) is 0 Å². The van der Waals surface area contributed by atoms with Gasteiger partial charge in [-0.25, -0.2) is 0 Å². The highest BCUT2D eigenvalue weighted by Gasteiger charge is 2.13. The molecule has 0 spiro atoms. The van der Waals surface area contributed by atoms with Gasteiger partial charge in [-0.3, -0.25) is 0 Å². The lowest BCUT2D eigenvalue weighted by Crippen LogP contribution is -2.21. The van der Waals surface area contributed by atoms with Gasteiger partial charge in [-0.15, -0.1) is 0 Å². The third-order valence-corrected chi connectivity index (χ3v) is 6.15. The van der Waals surface area contributed by atoms with Crippen molar-refractivity contribution in [3.05, 3.63) is 66.7 Å². The Hall–Kier alpha value is -2.90. The van der Waals surface area contributed by atoms with Crippen molar-refractivity contribution in [1.82, 2.24) is 0 Å². The van der Waals surface area contributed by atoms with Gasteiger partial charge in [0.2, 0.25) is 8.67 Å². The quantitative estimate of drug-likeness (QED) is 0.321. The third kappa shape index (κ3) is 2.58. The fourth-order valence-electron chi connectivity index (χ4n) is 4.21. The van der Waals surface area contributed by atoms with E-state index in [4.69, 9.17) is 8.39 Å². The van der Waals surface area contributed by atoms with E-state index in [1.807, 2.05) is 0 Å². The molecule has 5 rings (SSSR count). The van der Waals surface area contributed by atoms with Gasteiger partial charge in [-0.1, -0.05) is 42.5 Å². The molecule has 4 aromatic carbocycles. The van der Waals surface area contributed by atoms with Crippen LogP contribution in [0.1, 0.15) is 13.8 Å². The Bertz CT molecular complexity index is 1350. The molecule has 1 atom stereocenters. The summed E-state index contributed by atoms with van der Waals surface area (Å²) in [5, 5.41) is 7.10. The maximum absolute atomic E-state index is 6.03. The number of anilines is 1. The van der Waals surface area contributed by atoms with Crippen LogP contribution in [0.2, 0.25) is 0 Å². The van der Waals surface area contributed by atoms with Gasteiger partial charge in [0.05, 0.1) is 0 Å². The van der Waals surface area contributed by atoms with Gasteiger partial charge in [0.1, 0.15) is 11.2 Å². The summed E-state index contributed by atoms with van der Waals surface area (Å²) in [5.74, 6) is 0. The van der Waals surface area contributed by atoms with Crippen molar-refractivity contribution in [3.8, 4) is 0 Å². The molecular formula is C24H22NO2P. The first-order chi connectivity index (χ1) is 13.8. The fourth-order valence-corrected chi connectivity index (χ4v) is 4.77. The van der Waals surface area contributed by atoms with E-state index < -0.39 is 0 Å². The SMILES string of the molecule is CCN(CC)c1cccc2c1ccc1o[pH]oc3ccc4ccccc4c3c12. The van der Waals surface area contributed by atoms with Crippen molar-refractivity contribution >= 4 is 57.8 Å². The highest BCUT2D eigenvalue weighted by molar-refractivity contribution is 7.15. The molecule has 140 valence electrons. The van der Waals surface area contributed by atoms with Crippen molar-refractivity contribution in [2.24, 2.45) is 0 Å². The molecule has 0 aliphatic carbocycles. The molecule has 0 saturated carbocycles. The zero-order valence-corrected chi connectivity index (χ0v) is 17.0. The van der Waals surface area contributed by atoms with Gasteiger partial charge in [0, 0.05) is 34.9 Å². The van der Waals surface area contributed by atoms with E-state index in [1.54, 1.807) is 0 Å². The highest BCUT2D eigenvalue weighted by atomic mass is 31.1. The fraction of sp³-hybridized carbons (Fsp3) is 0.167. The first-order valence-electron chi connectivity index (χ1n) is 9.73. The van der Waals surface area contributed by atoms with E-state index >= 15 is 0 Å². The normalized spacial score (nSPS) is 11.8. The second-order valence-corrected chi connectivity index (χ2v) is 7.51. The lowest BCUT2D eigenvalue weighted by molar-refractivity contribution is 0.663. The summed E-state index contributed by atoms with van der Waals surface area (Å²) in [7, 11) is -0.0467. The van der Waals surface area contributed by atoms with Crippen LogP contribution in [-0.4, -0.2) is 13.1 Å². The first kappa shape index (κ1) is 17.2. The largest absolute Gasteiger partial charge is 0.421 e. The van der Waals surface area contributed by atoms with E-state index in [2.05, 4.69) is 85.5 Å². The summed E-state index contributed by atoms with van der Waals surface area (Å²) in [6.07, 6.45) is 0. The van der Waals surface area contributed by atoms with Crippen molar-refractivity contribution in [3.63, 3.8) is 0 Å². The van der Waals surface area contributed by atoms with Crippen molar-refractivity contribution in [2.45, 2.75) is 13.8 Å². The second kappa shape index (κ2) is 6.92. The average Bonchev–Trinajstić information content (AvgIpc) is 2.94. The molecule has 0 fully saturated rings. The second-order valence-electron chi connectivity index (χ2n) is 6.93. The van der Waals surface area contributed by atoms with Gasteiger partial charge in [0.15, 0.2) is 0 Å². The van der Waals surface area contributed by atoms with Crippen LogP contribution in [0.25, 0.3) is 43.5 Å². The molecular weight excluding hydrogens is 365 g/mol. The van der Waals surface area contributed by atoms with E-state index in [0.29, 0.717) is 0 Å². The van der Waals surface area contributed by atoms with Crippen LogP contribution < -0.4 is 4.90 Å². The standard InChI is InChI=1S/C24H22NO2P/c1-3-25(4-2)20-11-7-10-19-18(20)13-15-22-24(19)23-17-9-6-5-8-16(17)12-14-21(23)26-28-27-22/h5-15,28H,3-4H2,1-2H3. The first-order valence-corrected chi connectivity index (χ1v) is 10.5. The zero-order valence-electron chi connectivity index (χ0n) is 16.0. The van der Waals surface area contributed by atoms with E-state index in [0.717, 1.165) is 35.0 Å². The van der Waals surface area contributed by atoms with E-state index in [9.17, 15) is 0 Å². The maximum atomic E-state index is 6.03. The van der Waals surface area contributed by atoms with Gasteiger partial charge in [-0.2, -0.15) is 0 Å². The van der Waals surface area contributed by atoms with Crippen molar-refractivity contribution in [1.29, 1.82) is 0 Å². The van der Waals surface area contributed by atoms with Crippen LogP contribution in [0.15, 0.2) is 75.1 Å². The molecule has 5 aromatic rings. The molecule has 0 amide bonds. The molecule has 0 N–H and O–H groups in total. The molecule has 0 radical (unpaired) electrons. The molecule has 0 aliphatic heterocycles. The van der Waals surface area contributed by atoms with Gasteiger partial charge in [0.25, 0.3) is 0 Å². The molecule has 0 bridgehead atoms. The summed E-state index contributed by atoms with van der Waals surface area (Å²) in [4.78, 5) is 2.40. The summed E-state index contributed by atoms with van der Waals surface area (Å²) in [5.41, 5.74) is 3.04. The van der Waals surface area contributed by atoms with Crippen LogP contribution in [0.4, 0.5) is 5.69 Å².